The van der Waals surface area contributed by atoms with Crippen LogP contribution in [0.25, 0.3) is 0 Å². The molecule has 5 heteroatoms. The number of hydrogen-bond acceptors (Lipinski definition) is 4. The molecule has 0 saturated heterocycles. The molecule has 1 aromatic rings. The molecule has 0 bridgehead atoms. The first kappa shape index (κ1) is 13.4. The fourth-order valence-electron chi connectivity index (χ4n) is 1.25. The fraction of sp³-hybridized carbons (Fsp3) is 0.583. The summed E-state index contributed by atoms with van der Waals surface area (Å²) in [7, 11) is 0. The average molecular weight is 236 g/mol. The minimum absolute atomic E-state index is 0.180. The van der Waals surface area contributed by atoms with Gasteiger partial charge in [-0.15, -0.1) is 0 Å². The maximum Gasteiger partial charge on any atom is 0.412 e. The lowest BCUT2D eigenvalue weighted by Crippen LogP contribution is -2.27. The number of nitrogens with one attached hydrogen (secondary N) is 1. The molecule has 0 aromatic carbocycles. The molecule has 1 radical (unpaired) electrons. The third-order valence-electron chi connectivity index (χ3n) is 1.88. The van der Waals surface area contributed by atoms with E-state index in [0.717, 1.165) is 5.69 Å². The molecule has 17 heavy (non-hydrogen) atoms. The van der Waals surface area contributed by atoms with E-state index in [0.29, 0.717) is 5.69 Å². The van der Waals surface area contributed by atoms with Crippen molar-refractivity contribution in [1.29, 1.82) is 0 Å². The number of carbonyl (C=O) groups is 1. The Labute approximate surface area is 102 Å². The summed E-state index contributed by atoms with van der Waals surface area (Å²) in [5.41, 5.74) is 0.781. The summed E-state index contributed by atoms with van der Waals surface area (Å²) in [4.78, 5) is 19.4. The van der Waals surface area contributed by atoms with Crippen molar-refractivity contribution in [2.75, 3.05) is 5.32 Å². The minimum Gasteiger partial charge on any atom is -0.444 e. The highest BCUT2D eigenvalue weighted by Crippen LogP contribution is 2.20. The Morgan fingerprint density at radius 1 is 1.47 bits per heavy atom. The lowest BCUT2D eigenvalue weighted by atomic mass is 10.1. The van der Waals surface area contributed by atoms with Crippen LogP contribution in [0, 0.1) is 6.33 Å². The van der Waals surface area contributed by atoms with E-state index in [-0.39, 0.29) is 5.92 Å². The number of nitrogens with zero attached hydrogens (tertiary/aromatic N) is 2. The Kier molecular flexibility index (Phi) is 4.04. The van der Waals surface area contributed by atoms with E-state index in [2.05, 4.69) is 21.6 Å². The largest absolute Gasteiger partial charge is 0.444 e. The highest BCUT2D eigenvalue weighted by atomic mass is 16.6. The van der Waals surface area contributed by atoms with Gasteiger partial charge in [0.05, 0.1) is 17.6 Å². The van der Waals surface area contributed by atoms with Gasteiger partial charge >= 0.3 is 6.09 Å². The normalized spacial score (nSPS) is 11.4. The van der Waals surface area contributed by atoms with E-state index in [1.54, 1.807) is 0 Å². The molecule has 93 valence electrons. The Hall–Kier alpha value is -1.65. The number of rotatable bonds is 2. The zero-order chi connectivity index (χ0) is 13.1. The molecular weight excluding hydrogens is 218 g/mol. The summed E-state index contributed by atoms with van der Waals surface area (Å²) in [6.45, 7) is 9.40. The van der Waals surface area contributed by atoms with E-state index >= 15 is 0 Å². The molecule has 5 nitrogen and oxygen atoms in total. The highest BCUT2D eigenvalue weighted by Gasteiger charge is 2.18. The summed E-state index contributed by atoms with van der Waals surface area (Å²) in [5.74, 6) is 0.180. The summed E-state index contributed by atoms with van der Waals surface area (Å²) in [6.07, 6.45) is 3.53. The monoisotopic (exact) mass is 236 g/mol. The quantitative estimate of drug-likeness (QED) is 0.857. The van der Waals surface area contributed by atoms with Crippen LogP contribution in [0.2, 0.25) is 0 Å². The van der Waals surface area contributed by atoms with Crippen molar-refractivity contribution in [3.63, 3.8) is 0 Å². The first-order chi connectivity index (χ1) is 7.79. The Balaban J connectivity index is 2.78. The van der Waals surface area contributed by atoms with Gasteiger partial charge in [0.2, 0.25) is 0 Å². The zero-order valence-electron chi connectivity index (χ0n) is 10.9. The van der Waals surface area contributed by atoms with Crippen LogP contribution in [0.1, 0.15) is 46.2 Å². The second-order valence-corrected chi connectivity index (χ2v) is 5.05. The molecule has 0 saturated carbocycles. The molecule has 0 unspecified atom stereocenters. The number of carbonyl (C=O) groups excluding carboxylic acids is 1. The molecule has 1 heterocycles. The van der Waals surface area contributed by atoms with Crippen LogP contribution in [0.5, 0.6) is 0 Å². The first-order valence-electron chi connectivity index (χ1n) is 5.52. The molecular formula is C12H18N3O2. The van der Waals surface area contributed by atoms with Crippen molar-refractivity contribution in [2.45, 2.75) is 46.1 Å². The van der Waals surface area contributed by atoms with Crippen LogP contribution in [0.4, 0.5) is 10.5 Å². The lowest BCUT2D eigenvalue weighted by Gasteiger charge is -2.20. The van der Waals surface area contributed by atoms with Crippen molar-refractivity contribution >= 4 is 11.8 Å². The summed E-state index contributed by atoms with van der Waals surface area (Å²) >= 11 is 0. The molecule has 0 aliphatic rings. The van der Waals surface area contributed by atoms with Gasteiger partial charge in [-0.1, -0.05) is 13.8 Å². The van der Waals surface area contributed by atoms with Crippen LogP contribution in [-0.4, -0.2) is 21.7 Å². The van der Waals surface area contributed by atoms with E-state index < -0.39 is 11.7 Å². The maximum atomic E-state index is 11.6. The van der Waals surface area contributed by atoms with E-state index in [4.69, 9.17) is 4.74 Å². The standard InChI is InChI=1S/C12H18N3O2/c1-8(2)10-9(6-13-7-14-10)15-11(16)17-12(3,4)5/h6,8H,1-5H3,(H,15,16). The van der Waals surface area contributed by atoms with Gasteiger partial charge in [-0.2, -0.15) is 0 Å². The lowest BCUT2D eigenvalue weighted by molar-refractivity contribution is 0.0635. The third-order valence-corrected chi connectivity index (χ3v) is 1.88. The second kappa shape index (κ2) is 5.12. The molecule has 1 rings (SSSR count). The van der Waals surface area contributed by atoms with Crippen molar-refractivity contribution in [3.05, 3.63) is 18.2 Å². The maximum absolute atomic E-state index is 11.6. The molecule has 0 spiro atoms. The third kappa shape index (κ3) is 4.38. The first-order valence-corrected chi connectivity index (χ1v) is 5.52. The summed E-state index contributed by atoms with van der Waals surface area (Å²) in [6, 6.07) is 0. The van der Waals surface area contributed by atoms with Gasteiger partial charge in [0, 0.05) is 0 Å². The average Bonchev–Trinajstić information content (AvgIpc) is 2.14. The predicted octanol–water partition coefficient (Wildman–Crippen LogP) is 2.75. The molecule has 0 aliphatic heterocycles. The van der Waals surface area contributed by atoms with E-state index in [1.165, 1.54) is 6.20 Å². The van der Waals surface area contributed by atoms with Crippen LogP contribution in [-0.2, 0) is 4.74 Å². The molecule has 0 aliphatic carbocycles. The second-order valence-electron chi connectivity index (χ2n) is 5.05. The van der Waals surface area contributed by atoms with Gasteiger partial charge in [-0.3, -0.25) is 5.32 Å². The smallest absolute Gasteiger partial charge is 0.412 e. The van der Waals surface area contributed by atoms with Gasteiger partial charge in [0.15, 0.2) is 6.33 Å². The Morgan fingerprint density at radius 3 is 2.65 bits per heavy atom. The van der Waals surface area contributed by atoms with Crippen LogP contribution in [0.3, 0.4) is 0 Å². The molecule has 0 fully saturated rings. The highest BCUT2D eigenvalue weighted by molar-refractivity contribution is 5.85. The molecule has 1 amide bonds. The predicted molar refractivity (Wildman–Crippen MR) is 64.8 cm³/mol. The zero-order valence-corrected chi connectivity index (χ0v) is 10.9. The number of amides is 1. The Morgan fingerprint density at radius 2 is 2.12 bits per heavy atom. The Bertz CT molecular complexity index is 397. The van der Waals surface area contributed by atoms with E-state index in [1.807, 2.05) is 34.6 Å². The van der Waals surface area contributed by atoms with Gasteiger partial charge in [0.25, 0.3) is 0 Å². The van der Waals surface area contributed by atoms with Gasteiger partial charge in [-0.25, -0.2) is 14.8 Å². The van der Waals surface area contributed by atoms with Crippen molar-refractivity contribution in [2.24, 2.45) is 0 Å². The van der Waals surface area contributed by atoms with Gasteiger partial charge < -0.3 is 4.74 Å². The number of hydrogen-bond donors (Lipinski definition) is 1. The summed E-state index contributed by atoms with van der Waals surface area (Å²) < 4.78 is 5.16. The fourth-order valence-corrected chi connectivity index (χ4v) is 1.25. The summed E-state index contributed by atoms with van der Waals surface area (Å²) in [5, 5.41) is 2.64. The number of anilines is 1. The van der Waals surface area contributed by atoms with Crippen molar-refractivity contribution < 1.29 is 9.53 Å². The number of aromatic nitrogens is 2. The van der Waals surface area contributed by atoms with Crippen LogP contribution < -0.4 is 5.32 Å². The number of ether oxygens (including phenoxy) is 1. The van der Waals surface area contributed by atoms with Crippen LogP contribution in [0.15, 0.2) is 6.20 Å². The van der Waals surface area contributed by atoms with Crippen LogP contribution >= 0.6 is 0 Å². The molecule has 0 atom stereocenters. The van der Waals surface area contributed by atoms with E-state index in [9.17, 15) is 4.79 Å². The SMILES string of the molecule is CC(C)c1n[c]ncc1NC(=O)OC(C)(C)C. The minimum atomic E-state index is -0.524. The van der Waals surface area contributed by atoms with Crippen molar-refractivity contribution in [1.82, 2.24) is 9.97 Å². The molecule has 1 aromatic heterocycles. The topological polar surface area (TPSA) is 64.1 Å². The van der Waals surface area contributed by atoms with Gasteiger partial charge in [-0.05, 0) is 26.7 Å². The van der Waals surface area contributed by atoms with Gasteiger partial charge in [0.1, 0.15) is 5.60 Å². The van der Waals surface area contributed by atoms with Crippen molar-refractivity contribution in [3.8, 4) is 0 Å². The molecule has 1 N–H and O–H groups in total.